The molecule has 4 nitrogen and oxygen atoms in total. The van der Waals surface area contributed by atoms with Crippen LogP contribution < -0.4 is 11.3 Å². The van der Waals surface area contributed by atoms with Crippen molar-refractivity contribution in [3.8, 4) is 0 Å². The lowest BCUT2D eigenvalue weighted by molar-refractivity contribution is 0.208. The minimum Gasteiger partial charge on any atom is -0.383 e. The largest absolute Gasteiger partial charge is 0.383 e. The Kier molecular flexibility index (Phi) is 5.37. The maximum atomic E-state index is 13.0. The average Bonchev–Trinajstić information content (AvgIpc) is 2.29. The molecule has 1 rings (SSSR count). The Hall–Kier alpha value is -0.980. The highest BCUT2D eigenvalue weighted by molar-refractivity contribution is 9.10. The number of halogens is 2. The van der Waals surface area contributed by atoms with Crippen molar-refractivity contribution in [1.82, 2.24) is 5.43 Å². The fourth-order valence-electron chi connectivity index (χ4n) is 1.11. The normalized spacial score (nSPS) is 11.6. The number of ether oxygens (including phenoxy) is 1. The Bertz CT molecular complexity index is 384. The maximum absolute atomic E-state index is 13.0. The monoisotopic (exact) mass is 289 g/mol. The van der Waals surface area contributed by atoms with Crippen molar-refractivity contribution in [2.45, 2.75) is 0 Å². The van der Waals surface area contributed by atoms with Crippen LogP contribution in [-0.2, 0) is 4.74 Å². The molecule has 1 aromatic carbocycles. The number of nitrogens with zero attached hydrogens (tertiary/aromatic N) is 1. The van der Waals surface area contributed by atoms with Gasteiger partial charge in [-0.15, -0.1) is 0 Å². The second kappa shape index (κ2) is 6.57. The van der Waals surface area contributed by atoms with Gasteiger partial charge in [-0.1, -0.05) is 0 Å². The third-order valence-corrected chi connectivity index (χ3v) is 2.50. The number of methoxy groups -OCH3 is 1. The van der Waals surface area contributed by atoms with Gasteiger partial charge >= 0.3 is 0 Å². The summed E-state index contributed by atoms with van der Waals surface area (Å²) in [5.41, 5.74) is 3.19. The summed E-state index contributed by atoms with van der Waals surface area (Å²) < 4.78 is 18.3. The lowest BCUT2D eigenvalue weighted by Gasteiger charge is -2.06. The Morgan fingerprint density at radius 2 is 2.38 bits per heavy atom. The average molecular weight is 290 g/mol. The molecule has 0 heterocycles. The molecule has 0 saturated heterocycles. The fraction of sp³-hybridized carbons (Fsp3) is 0.300. The van der Waals surface area contributed by atoms with Gasteiger partial charge in [0.1, 0.15) is 11.7 Å². The molecule has 0 atom stereocenters. The molecule has 0 aromatic heterocycles. The van der Waals surface area contributed by atoms with Gasteiger partial charge in [0.15, 0.2) is 0 Å². The summed E-state index contributed by atoms with van der Waals surface area (Å²) in [5.74, 6) is 5.52. The molecule has 3 N–H and O–H groups in total. The third kappa shape index (κ3) is 3.55. The van der Waals surface area contributed by atoms with E-state index in [2.05, 4.69) is 26.3 Å². The van der Waals surface area contributed by atoms with E-state index in [9.17, 15) is 4.39 Å². The minimum absolute atomic E-state index is 0.322. The lowest BCUT2D eigenvalue weighted by atomic mass is 10.2. The van der Waals surface area contributed by atoms with Gasteiger partial charge in [0.05, 0.1) is 17.6 Å². The van der Waals surface area contributed by atoms with E-state index in [0.717, 1.165) is 0 Å². The van der Waals surface area contributed by atoms with Crippen LogP contribution in [0.15, 0.2) is 27.7 Å². The molecule has 0 saturated carbocycles. The molecular formula is C10H13BrFN3O. The molecule has 0 amide bonds. The van der Waals surface area contributed by atoms with Crippen LogP contribution in [0.5, 0.6) is 0 Å². The molecule has 1 aromatic rings. The molecule has 88 valence electrons. The summed E-state index contributed by atoms with van der Waals surface area (Å²) in [6.45, 7) is 0.999. The molecule has 0 fully saturated rings. The number of benzene rings is 1. The van der Waals surface area contributed by atoms with E-state index >= 15 is 0 Å². The van der Waals surface area contributed by atoms with Gasteiger partial charge in [0.25, 0.3) is 0 Å². The highest BCUT2D eigenvalue weighted by Crippen LogP contribution is 2.16. The Labute approximate surface area is 102 Å². The standard InChI is InChI=1S/C10H13BrFN3O/c1-16-5-4-14-10(15-13)7-2-3-9(12)8(11)6-7/h2-3,6H,4-5,13H2,1H3,(H,14,15). The molecule has 0 aliphatic carbocycles. The molecule has 16 heavy (non-hydrogen) atoms. The quantitative estimate of drug-likeness (QED) is 0.290. The molecule has 0 spiro atoms. The second-order valence-corrected chi connectivity index (χ2v) is 3.85. The first-order valence-electron chi connectivity index (χ1n) is 4.64. The zero-order valence-corrected chi connectivity index (χ0v) is 10.4. The number of hydrogen-bond acceptors (Lipinski definition) is 3. The molecule has 0 aliphatic heterocycles. The number of nitrogens with one attached hydrogen (secondary N) is 1. The van der Waals surface area contributed by atoms with Crippen LogP contribution in [-0.4, -0.2) is 26.1 Å². The first kappa shape index (κ1) is 13.1. The maximum Gasteiger partial charge on any atom is 0.142 e. The van der Waals surface area contributed by atoms with E-state index in [1.165, 1.54) is 6.07 Å². The van der Waals surface area contributed by atoms with Gasteiger partial charge < -0.3 is 10.2 Å². The summed E-state index contributed by atoms with van der Waals surface area (Å²) in [5, 5.41) is 0. The predicted octanol–water partition coefficient (Wildman–Crippen LogP) is 1.44. The van der Waals surface area contributed by atoms with Gasteiger partial charge in [0, 0.05) is 12.7 Å². The molecular weight excluding hydrogens is 277 g/mol. The van der Waals surface area contributed by atoms with Crippen LogP contribution in [0.4, 0.5) is 4.39 Å². The predicted molar refractivity (Wildman–Crippen MR) is 64.7 cm³/mol. The minimum atomic E-state index is -0.322. The van der Waals surface area contributed by atoms with E-state index < -0.39 is 0 Å². The van der Waals surface area contributed by atoms with Crippen molar-refractivity contribution >= 4 is 21.8 Å². The van der Waals surface area contributed by atoms with Gasteiger partial charge in [-0.25, -0.2) is 10.2 Å². The van der Waals surface area contributed by atoms with Crippen LogP contribution in [0.3, 0.4) is 0 Å². The van der Waals surface area contributed by atoms with Crippen molar-refractivity contribution in [3.63, 3.8) is 0 Å². The number of amidine groups is 1. The zero-order chi connectivity index (χ0) is 12.0. The fourth-order valence-corrected chi connectivity index (χ4v) is 1.49. The van der Waals surface area contributed by atoms with Crippen molar-refractivity contribution in [1.29, 1.82) is 0 Å². The number of nitrogens with two attached hydrogens (primary N) is 1. The Balaban J connectivity index is 2.86. The summed E-state index contributed by atoms with van der Waals surface area (Å²) in [6.07, 6.45) is 0. The molecule has 0 unspecified atom stereocenters. The second-order valence-electron chi connectivity index (χ2n) is 3.00. The topological polar surface area (TPSA) is 59.6 Å². The van der Waals surface area contributed by atoms with Crippen molar-refractivity contribution in [3.05, 3.63) is 34.1 Å². The SMILES string of the molecule is COCCN=C(NN)c1ccc(F)c(Br)c1. The van der Waals surface area contributed by atoms with E-state index in [0.29, 0.717) is 29.0 Å². The third-order valence-electron chi connectivity index (χ3n) is 1.90. The Morgan fingerprint density at radius 3 is 2.94 bits per heavy atom. The van der Waals surface area contributed by atoms with Crippen molar-refractivity contribution in [2.75, 3.05) is 20.3 Å². The van der Waals surface area contributed by atoms with Crippen LogP contribution in [0, 0.1) is 5.82 Å². The molecule has 0 aliphatic rings. The van der Waals surface area contributed by atoms with Crippen molar-refractivity contribution in [2.24, 2.45) is 10.8 Å². The van der Waals surface area contributed by atoms with Gasteiger partial charge in [-0.2, -0.15) is 0 Å². The summed E-state index contributed by atoms with van der Waals surface area (Å²) in [6, 6.07) is 4.56. The lowest BCUT2D eigenvalue weighted by Crippen LogP contribution is -2.31. The van der Waals surface area contributed by atoms with Crippen LogP contribution in [0.2, 0.25) is 0 Å². The summed E-state index contributed by atoms with van der Waals surface area (Å²) in [4.78, 5) is 4.19. The van der Waals surface area contributed by atoms with Gasteiger partial charge in [-0.05, 0) is 34.1 Å². The van der Waals surface area contributed by atoms with Gasteiger partial charge in [0.2, 0.25) is 0 Å². The van der Waals surface area contributed by atoms with Crippen LogP contribution in [0.25, 0.3) is 0 Å². The number of rotatable bonds is 4. The van der Waals surface area contributed by atoms with E-state index in [-0.39, 0.29) is 5.82 Å². The Morgan fingerprint density at radius 1 is 1.62 bits per heavy atom. The zero-order valence-electron chi connectivity index (χ0n) is 8.84. The van der Waals surface area contributed by atoms with Crippen LogP contribution in [0.1, 0.15) is 5.56 Å². The van der Waals surface area contributed by atoms with E-state index in [1.54, 1.807) is 19.2 Å². The molecule has 0 radical (unpaired) electrons. The van der Waals surface area contributed by atoms with Crippen LogP contribution >= 0.6 is 15.9 Å². The summed E-state index contributed by atoms with van der Waals surface area (Å²) in [7, 11) is 1.60. The van der Waals surface area contributed by atoms with Crippen molar-refractivity contribution < 1.29 is 9.13 Å². The summed E-state index contributed by atoms with van der Waals surface area (Å²) >= 11 is 3.10. The first-order chi connectivity index (χ1) is 7.69. The number of hydrazine groups is 1. The van der Waals surface area contributed by atoms with Gasteiger partial charge in [-0.3, -0.25) is 4.99 Å². The number of hydrogen-bond donors (Lipinski definition) is 2. The smallest absolute Gasteiger partial charge is 0.142 e. The first-order valence-corrected chi connectivity index (χ1v) is 5.43. The molecule has 6 heteroatoms. The highest BCUT2D eigenvalue weighted by atomic mass is 79.9. The molecule has 0 bridgehead atoms. The number of aliphatic imine (C=N–C) groups is 1. The van der Waals surface area contributed by atoms with E-state index in [1.807, 2.05) is 0 Å². The highest BCUT2D eigenvalue weighted by Gasteiger charge is 2.05. The van der Waals surface area contributed by atoms with E-state index in [4.69, 9.17) is 10.6 Å².